The van der Waals surface area contributed by atoms with Gasteiger partial charge < -0.3 is 11.1 Å². The van der Waals surface area contributed by atoms with E-state index in [1.807, 2.05) is 19.1 Å². The largest absolute Gasteiger partial charge is 0.398 e. The number of aromatic nitrogens is 1. The molecule has 0 spiro atoms. The molecule has 0 saturated carbocycles. The van der Waals surface area contributed by atoms with E-state index >= 15 is 0 Å². The Morgan fingerprint density at radius 2 is 2.17 bits per heavy atom. The van der Waals surface area contributed by atoms with Crippen LogP contribution >= 0.6 is 0 Å². The number of nitrogens with two attached hydrogens (primary N) is 1. The van der Waals surface area contributed by atoms with Crippen molar-refractivity contribution >= 4 is 11.6 Å². The molecule has 92 valence electrons. The molecule has 1 aromatic heterocycles. The third-order valence-corrected chi connectivity index (χ3v) is 2.80. The maximum absolute atomic E-state index is 12.0. The number of pyridine rings is 1. The monoisotopic (exact) mass is 241 g/mol. The van der Waals surface area contributed by atoms with Gasteiger partial charge in [-0.1, -0.05) is 12.1 Å². The van der Waals surface area contributed by atoms with Crippen molar-refractivity contribution in [3.63, 3.8) is 0 Å². The average molecular weight is 241 g/mol. The number of amides is 1. The van der Waals surface area contributed by atoms with Crippen molar-refractivity contribution in [1.29, 1.82) is 0 Å². The predicted octanol–water partition coefficient (Wildman–Crippen LogP) is 1.90. The van der Waals surface area contributed by atoms with E-state index in [9.17, 15) is 4.79 Å². The van der Waals surface area contributed by atoms with E-state index < -0.39 is 0 Å². The number of hydrogen-bond acceptors (Lipinski definition) is 3. The van der Waals surface area contributed by atoms with Gasteiger partial charge in [0.1, 0.15) is 0 Å². The molecule has 4 heteroatoms. The zero-order chi connectivity index (χ0) is 13.0. The highest BCUT2D eigenvalue weighted by Crippen LogP contribution is 2.15. The van der Waals surface area contributed by atoms with E-state index in [0.29, 0.717) is 17.8 Å². The molecule has 0 aliphatic heterocycles. The minimum atomic E-state index is -0.122. The SMILES string of the molecule is Cc1c(N)cccc1C(=O)NCc1cccnc1. The molecular formula is C14H15N3O. The fraction of sp³-hybridized carbons (Fsp3) is 0.143. The number of carbonyl (C=O) groups excluding carboxylic acids is 1. The van der Waals surface area contributed by atoms with Crippen molar-refractivity contribution in [3.8, 4) is 0 Å². The molecule has 1 amide bonds. The van der Waals surface area contributed by atoms with E-state index in [-0.39, 0.29) is 5.91 Å². The smallest absolute Gasteiger partial charge is 0.251 e. The van der Waals surface area contributed by atoms with Gasteiger partial charge in [0.25, 0.3) is 5.91 Å². The minimum absolute atomic E-state index is 0.122. The van der Waals surface area contributed by atoms with Crippen LogP contribution in [0.25, 0.3) is 0 Å². The third-order valence-electron chi connectivity index (χ3n) is 2.80. The van der Waals surface area contributed by atoms with Crippen molar-refractivity contribution in [2.75, 3.05) is 5.73 Å². The summed E-state index contributed by atoms with van der Waals surface area (Å²) in [6, 6.07) is 9.09. The van der Waals surface area contributed by atoms with Crippen LogP contribution in [-0.2, 0) is 6.54 Å². The van der Waals surface area contributed by atoms with Crippen LogP contribution in [0.5, 0.6) is 0 Å². The van der Waals surface area contributed by atoms with E-state index in [4.69, 9.17) is 5.73 Å². The Hall–Kier alpha value is -2.36. The molecule has 0 saturated heterocycles. The standard InChI is InChI=1S/C14H15N3O/c1-10-12(5-2-6-13(10)15)14(18)17-9-11-4-3-7-16-8-11/h2-8H,9,15H2,1H3,(H,17,18). The van der Waals surface area contributed by atoms with Gasteiger partial charge in [0.2, 0.25) is 0 Å². The quantitative estimate of drug-likeness (QED) is 0.806. The molecule has 1 heterocycles. The Bertz CT molecular complexity index is 552. The molecule has 0 aliphatic rings. The number of nitrogens with zero attached hydrogens (tertiary/aromatic N) is 1. The second-order valence-corrected chi connectivity index (χ2v) is 4.06. The Morgan fingerprint density at radius 3 is 2.89 bits per heavy atom. The van der Waals surface area contributed by atoms with Gasteiger partial charge in [0, 0.05) is 30.2 Å². The first-order valence-corrected chi connectivity index (χ1v) is 5.70. The van der Waals surface area contributed by atoms with E-state index in [2.05, 4.69) is 10.3 Å². The van der Waals surface area contributed by atoms with E-state index in [0.717, 1.165) is 11.1 Å². The first kappa shape index (κ1) is 12.1. The number of nitrogen functional groups attached to an aromatic ring is 1. The van der Waals surface area contributed by atoms with Crippen molar-refractivity contribution < 1.29 is 4.79 Å². The van der Waals surface area contributed by atoms with Gasteiger partial charge in [-0.2, -0.15) is 0 Å². The fourth-order valence-corrected chi connectivity index (χ4v) is 1.68. The van der Waals surface area contributed by atoms with Crippen LogP contribution in [0.15, 0.2) is 42.7 Å². The number of benzene rings is 1. The Kier molecular flexibility index (Phi) is 3.57. The van der Waals surface area contributed by atoms with Gasteiger partial charge in [-0.15, -0.1) is 0 Å². The molecule has 0 fully saturated rings. The van der Waals surface area contributed by atoms with Gasteiger partial charge in [0.05, 0.1) is 0 Å². The highest BCUT2D eigenvalue weighted by atomic mass is 16.1. The van der Waals surface area contributed by atoms with Gasteiger partial charge >= 0.3 is 0 Å². The average Bonchev–Trinajstić information content (AvgIpc) is 2.40. The topological polar surface area (TPSA) is 68.0 Å². The van der Waals surface area contributed by atoms with Gasteiger partial charge in [0.15, 0.2) is 0 Å². The second-order valence-electron chi connectivity index (χ2n) is 4.06. The summed E-state index contributed by atoms with van der Waals surface area (Å²) in [6.07, 6.45) is 3.43. The van der Waals surface area contributed by atoms with Crippen molar-refractivity contribution in [2.24, 2.45) is 0 Å². The molecule has 0 aliphatic carbocycles. The highest BCUT2D eigenvalue weighted by Gasteiger charge is 2.09. The van der Waals surface area contributed by atoms with Crippen LogP contribution < -0.4 is 11.1 Å². The normalized spacial score (nSPS) is 10.1. The summed E-state index contributed by atoms with van der Waals surface area (Å²) in [5.41, 5.74) is 8.79. The fourth-order valence-electron chi connectivity index (χ4n) is 1.68. The Morgan fingerprint density at radius 1 is 1.33 bits per heavy atom. The Balaban J connectivity index is 2.07. The van der Waals surface area contributed by atoms with E-state index in [1.165, 1.54) is 0 Å². The van der Waals surface area contributed by atoms with Gasteiger partial charge in [-0.3, -0.25) is 9.78 Å². The van der Waals surface area contributed by atoms with Crippen LogP contribution in [0.1, 0.15) is 21.5 Å². The molecule has 2 rings (SSSR count). The maximum atomic E-state index is 12.0. The van der Waals surface area contributed by atoms with Crippen LogP contribution in [-0.4, -0.2) is 10.9 Å². The lowest BCUT2D eigenvalue weighted by atomic mass is 10.1. The molecule has 0 radical (unpaired) electrons. The first-order valence-electron chi connectivity index (χ1n) is 5.70. The Labute approximate surface area is 106 Å². The van der Waals surface area contributed by atoms with Crippen LogP contribution in [0.2, 0.25) is 0 Å². The van der Waals surface area contributed by atoms with Crippen LogP contribution in [0.4, 0.5) is 5.69 Å². The summed E-state index contributed by atoms with van der Waals surface area (Å²) in [5, 5.41) is 2.85. The molecule has 4 nitrogen and oxygen atoms in total. The van der Waals surface area contributed by atoms with Crippen LogP contribution in [0.3, 0.4) is 0 Å². The first-order chi connectivity index (χ1) is 8.68. The molecule has 18 heavy (non-hydrogen) atoms. The molecule has 1 aromatic carbocycles. The lowest BCUT2D eigenvalue weighted by Gasteiger charge is -2.09. The number of hydrogen-bond donors (Lipinski definition) is 2. The zero-order valence-electron chi connectivity index (χ0n) is 10.2. The number of nitrogens with one attached hydrogen (secondary N) is 1. The predicted molar refractivity (Wildman–Crippen MR) is 71.0 cm³/mol. The van der Waals surface area contributed by atoms with Crippen molar-refractivity contribution in [1.82, 2.24) is 10.3 Å². The van der Waals surface area contributed by atoms with E-state index in [1.54, 1.807) is 30.6 Å². The zero-order valence-corrected chi connectivity index (χ0v) is 10.2. The molecule has 0 unspecified atom stereocenters. The summed E-state index contributed by atoms with van der Waals surface area (Å²) in [5.74, 6) is -0.122. The molecule has 2 aromatic rings. The lowest BCUT2D eigenvalue weighted by molar-refractivity contribution is 0.0950. The summed E-state index contributed by atoms with van der Waals surface area (Å²) < 4.78 is 0. The highest BCUT2D eigenvalue weighted by molar-refractivity contribution is 5.96. The summed E-state index contributed by atoms with van der Waals surface area (Å²) in [4.78, 5) is 16.0. The third kappa shape index (κ3) is 2.66. The molecule has 0 bridgehead atoms. The summed E-state index contributed by atoms with van der Waals surface area (Å²) >= 11 is 0. The lowest BCUT2D eigenvalue weighted by Crippen LogP contribution is -2.23. The second kappa shape index (κ2) is 5.31. The maximum Gasteiger partial charge on any atom is 0.251 e. The van der Waals surface area contributed by atoms with Gasteiger partial charge in [-0.25, -0.2) is 0 Å². The molecular weight excluding hydrogens is 226 g/mol. The summed E-state index contributed by atoms with van der Waals surface area (Å²) in [7, 11) is 0. The van der Waals surface area contributed by atoms with Crippen LogP contribution in [0, 0.1) is 6.92 Å². The molecule has 0 atom stereocenters. The van der Waals surface area contributed by atoms with Crippen molar-refractivity contribution in [3.05, 3.63) is 59.4 Å². The van der Waals surface area contributed by atoms with Gasteiger partial charge in [-0.05, 0) is 36.2 Å². The van der Waals surface area contributed by atoms with Crippen molar-refractivity contribution in [2.45, 2.75) is 13.5 Å². The number of rotatable bonds is 3. The number of carbonyl (C=O) groups is 1. The number of anilines is 1. The molecule has 3 N–H and O–H groups in total. The summed E-state index contributed by atoms with van der Waals surface area (Å²) in [6.45, 7) is 2.30. The minimum Gasteiger partial charge on any atom is -0.398 e.